The molecule has 0 amide bonds. The highest BCUT2D eigenvalue weighted by molar-refractivity contribution is 5.63. The lowest BCUT2D eigenvalue weighted by Gasteiger charge is -2.08. The standard InChI is InChI=1S/C16H19N.C4H11N/c1-13(2)17-12-14-8-10-16(11-9-14)15-6-4-3-5-7-15;1-4(2)5-3/h3-11,13,17H,12H2,1-2H3;4-5H,1-3H3. The number of rotatable bonds is 5. The molecule has 0 saturated carbocycles. The van der Waals surface area contributed by atoms with Gasteiger partial charge in [0.05, 0.1) is 0 Å². The van der Waals surface area contributed by atoms with Gasteiger partial charge < -0.3 is 10.6 Å². The molecule has 2 heteroatoms. The second-order valence-electron chi connectivity index (χ2n) is 6.04. The first-order valence-corrected chi connectivity index (χ1v) is 8.08. The molecular weight excluding hydrogens is 268 g/mol. The summed E-state index contributed by atoms with van der Waals surface area (Å²) in [6, 6.07) is 20.4. The lowest BCUT2D eigenvalue weighted by molar-refractivity contribution is 0.589. The highest BCUT2D eigenvalue weighted by Gasteiger charge is 1.98. The maximum atomic E-state index is 3.42. The van der Waals surface area contributed by atoms with E-state index in [9.17, 15) is 0 Å². The van der Waals surface area contributed by atoms with E-state index < -0.39 is 0 Å². The molecule has 2 aromatic carbocycles. The number of nitrogens with one attached hydrogen (secondary N) is 2. The van der Waals surface area contributed by atoms with Crippen LogP contribution in [0.15, 0.2) is 54.6 Å². The van der Waals surface area contributed by atoms with Crippen LogP contribution in [0.3, 0.4) is 0 Å². The van der Waals surface area contributed by atoms with E-state index in [0.29, 0.717) is 12.1 Å². The van der Waals surface area contributed by atoms with Crippen LogP contribution in [0.4, 0.5) is 0 Å². The Morgan fingerprint density at radius 1 is 0.727 bits per heavy atom. The maximum Gasteiger partial charge on any atom is 0.0207 e. The van der Waals surface area contributed by atoms with Gasteiger partial charge in [0.25, 0.3) is 0 Å². The molecule has 0 bridgehead atoms. The van der Waals surface area contributed by atoms with Gasteiger partial charge in [-0.25, -0.2) is 0 Å². The van der Waals surface area contributed by atoms with Crippen LogP contribution in [0.2, 0.25) is 0 Å². The molecule has 2 aromatic rings. The van der Waals surface area contributed by atoms with Crippen LogP contribution in [-0.4, -0.2) is 19.1 Å². The normalized spacial score (nSPS) is 10.5. The smallest absolute Gasteiger partial charge is 0.0207 e. The third kappa shape index (κ3) is 7.39. The minimum Gasteiger partial charge on any atom is -0.318 e. The maximum absolute atomic E-state index is 3.42. The predicted molar refractivity (Wildman–Crippen MR) is 98.0 cm³/mol. The molecule has 0 fully saturated rings. The highest BCUT2D eigenvalue weighted by atomic mass is 14.9. The Morgan fingerprint density at radius 2 is 1.23 bits per heavy atom. The summed E-state index contributed by atoms with van der Waals surface area (Å²) in [5.41, 5.74) is 3.88. The fourth-order valence-corrected chi connectivity index (χ4v) is 1.77. The Balaban J connectivity index is 0.000000422. The molecule has 120 valence electrons. The summed E-state index contributed by atoms with van der Waals surface area (Å²) in [5, 5.41) is 6.45. The van der Waals surface area contributed by atoms with Crippen LogP contribution >= 0.6 is 0 Å². The van der Waals surface area contributed by atoms with Crippen molar-refractivity contribution in [2.45, 2.75) is 46.3 Å². The van der Waals surface area contributed by atoms with Crippen LogP contribution in [0.5, 0.6) is 0 Å². The first-order valence-electron chi connectivity index (χ1n) is 8.08. The molecule has 0 aliphatic heterocycles. The third-order valence-corrected chi connectivity index (χ3v) is 3.35. The molecule has 0 unspecified atom stereocenters. The fourth-order valence-electron chi connectivity index (χ4n) is 1.77. The van der Waals surface area contributed by atoms with Gasteiger partial charge in [-0.1, -0.05) is 82.3 Å². The third-order valence-electron chi connectivity index (χ3n) is 3.35. The fraction of sp³-hybridized carbons (Fsp3) is 0.400. The predicted octanol–water partition coefficient (Wildman–Crippen LogP) is 4.47. The van der Waals surface area contributed by atoms with Crippen molar-refractivity contribution in [1.82, 2.24) is 10.6 Å². The van der Waals surface area contributed by atoms with Crippen molar-refractivity contribution < 1.29 is 0 Å². The summed E-state index contributed by atoms with van der Waals surface area (Å²) in [7, 11) is 1.95. The van der Waals surface area contributed by atoms with Gasteiger partial charge in [0.1, 0.15) is 0 Å². The molecule has 0 radical (unpaired) electrons. The molecular formula is C20H30N2. The van der Waals surface area contributed by atoms with Gasteiger partial charge in [-0.05, 0) is 23.7 Å². The van der Waals surface area contributed by atoms with E-state index in [4.69, 9.17) is 0 Å². The van der Waals surface area contributed by atoms with E-state index in [0.717, 1.165) is 6.54 Å². The van der Waals surface area contributed by atoms with Crippen LogP contribution in [-0.2, 0) is 6.54 Å². The molecule has 22 heavy (non-hydrogen) atoms. The minimum absolute atomic E-state index is 0.531. The van der Waals surface area contributed by atoms with Crippen LogP contribution in [0, 0.1) is 0 Å². The first kappa shape index (κ1) is 18.4. The molecule has 0 heterocycles. The molecule has 0 spiro atoms. The Bertz CT molecular complexity index is 501. The summed E-state index contributed by atoms with van der Waals surface area (Å²) >= 11 is 0. The average Bonchev–Trinajstić information content (AvgIpc) is 2.55. The van der Waals surface area contributed by atoms with Gasteiger partial charge in [0.15, 0.2) is 0 Å². The second-order valence-corrected chi connectivity index (χ2v) is 6.04. The van der Waals surface area contributed by atoms with E-state index in [-0.39, 0.29) is 0 Å². The Hall–Kier alpha value is -1.64. The molecule has 0 saturated heterocycles. The summed E-state index contributed by atoms with van der Waals surface area (Å²) in [4.78, 5) is 0. The van der Waals surface area contributed by atoms with Gasteiger partial charge in [0, 0.05) is 18.6 Å². The van der Waals surface area contributed by atoms with Crippen LogP contribution in [0.25, 0.3) is 11.1 Å². The Kier molecular flexibility index (Phi) is 8.49. The zero-order valence-corrected chi connectivity index (χ0v) is 14.6. The van der Waals surface area contributed by atoms with Gasteiger partial charge in [-0.2, -0.15) is 0 Å². The highest BCUT2D eigenvalue weighted by Crippen LogP contribution is 2.19. The van der Waals surface area contributed by atoms with Crippen molar-refractivity contribution in [2.24, 2.45) is 0 Å². The Morgan fingerprint density at radius 3 is 1.68 bits per heavy atom. The Labute approximate surface area is 136 Å². The van der Waals surface area contributed by atoms with Crippen molar-refractivity contribution in [3.63, 3.8) is 0 Å². The molecule has 2 rings (SSSR count). The van der Waals surface area contributed by atoms with Gasteiger partial charge in [0.2, 0.25) is 0 Å². The van der Waals surface area contributed by atoms with Crippen molar-refractivity contribution in [1.29, 1.82) is 0 Å². The number of benzene rings is 2. The second kappa shape index (κ2) is 10.1. The molecule has 2 N–H and O–H groups in total. The SMILES string of the molecule is CC(C)NCc1ccc(-c2ccccc2)cc1.CNC(C)C. The van der Waals surface area contributed by atoms with E-state index in [1.54, 1.807) is 0 Å². The van der Waals surface area contributed by atoms with Gasteiger partial charge in [-0.3, -0.25) is 0 Å². The van der Waals surface area contributed by atoms with E-state index >= 15 is 0 Å². The largest absolute Gasteiger partial charge is 0.318 e. The van der Waals surface area contributed by atoms with Crippen molar-refractivity contribution in [3.05, 3.63) is 60.2 Å². The molecule has 2 nitrogen and oxygen atoms in total. The van der Waals surface area contributed by atoms with Crippen LogP contribution < -0.4 is 10.6 Å². The lowest BCUT2D eigenvalue weighted by Crippen LogP contribution is -2.21. The summed E-state index contributed by atoms with van der Waals surface area (Å²) in [6.07, 6.45) is 0. The molecule has 0 aliphatic carbocycles. The lowest BCUT2D eigenvalue weighted by atomic mass is 10.0. The number of hydrogen-bond donors (Lipinski definition) is 2. The molecule has 0 atom stereocenters. The van der Waals surface area contributed by atoms with Crippen LogP contribution in [0.1, 0.15) is 33.3 Å². The van der Waals surface area contributed by atoms with E-state index in [1.807, 2.05) is 13.1 Å². The van der Waals surface area contributed by atoms with E-state index in [2.05, 4.69) is 86.9 Å². The van der Waals surface area contributed by atoms with Crippen molar-refractivity contribution in [3.8, 4) is 11.1 Å². The topological polar surface area (TPSA) is 24.1 Å². The summed E-state index contributed by atoms with van der Waals surface area (Å²) < 4.78 is 0. The number of hydrogen-bond acceptors (Lipinski definition) is 2. The minimum atomic E-state index is 0.531. The van der Waals surface area contributed by atoms with E-state index in [1.165, 1.54) is 16.7 Å². The molecule has 0 aliphatic rings. The quantitative estimate of drug-likeness (QED) is 0.851. The van der Waals surface area contributed by atoms with Gasteiger partial charge in [-0.15, -0.1) is 0 Å². The summed E-state index contributed by atoms with van der Waals surface area (Å²) in [5.74, 6) is 0. The first-order chi connectivity index (χ1) is 10.5. The summed E-state index contributed by atoms with van der Waals surface area (Å²) in [6.45, 7) is 9.49. The monoisotopic (exact) mass is 298 g/mol. The van der Waals surface area contributed by atoms with Crippen molar-refractivity contribution >= 4 is 0 Å². The average molecular weight is 298 g/mol. The van der Waals surface area contributed by atoms with Crippen molar-refractivity contribution in [2.75, 3.05) is 7.05 Å². The zero-order valence-electron chi connectivity index (χ0n) is 14.6. The van der Waals surface area contributed by atoms with Gasteiger partial charge >= 0.3 is 0 Å². The molecule has 0 aromatic heterocycles. The zero-order chi connectivity index (χ0) is 16.4.